The van der Waals surface area contributed by atoms with E-state index < -0.39 is 0 Å². The Labute approximate surface area is 141 Å². The summed E-state index contributed by atoms with van der Waals surface area (Å²) in [6.45, 7) is 2.03. The SMILES string of the molecule is Cc1ccc(-n2nnnc2-c2cnc(N)nc2-c2cccs2)cc1. The summed E-state index contributed by atoms with van der Waals surface area (Å²) in [5, 5.41) is 14.1. The molecule has 0 aliphatic heterocycles. The van der Waals surface area contributed by atoms with Crippen molar-refractivity contribution in [1.29, 1.82) is 0 Å². The van der Waals surface area contributed by atoms with Crippen LogP contribution in [0.1, 0.15) is 5.56 Å². The summed E-state index contributed by atoms with van der Waals surface area (Å²) in [6.07, 6.45) is 1.66. The lowest BCUT2D eigenvalue weighted by molar-refractivity contribution is 0.791. The average Bonchev–Trinajstić information content (AvgIpc) is 3.27. The van der Waals surface area contributed by atoms with E-state index in [0.29, 0.717) is 5.82 Å². The molecule has 8 heteroatoms. The maximum atomic E-state index is 5.78. The van der Waals surface area contributed by atoms with Crippen LogP contribution in [0.25, 0.3) is 27.6 Å². The lowest BCUT2D eigenvalue weighted by Crippen LogP contribution is -2.03. The number of rotatable bonds is 3. The minimum absolute atomic E-state index is 0.219. The number of aryl methyl sites for hydroxylation is 1. The molecular formula is C16H13N7S. The number of tetrazole rings is 1. The third-order valence-corrected chi connectivity index (χ3v) is 4.43. The predicted octanol–water partition coefficient (Wildman–Crippen LogP) is 2.74. The molecule has 1 aromatic carbocycles. The number of nitrogens with two attached hydrogens (primary N) is 1. The number of aromatic nitrogens is 6. The van der Waals surface area contributed by atoms with Crippen LogP contribution in [0.2, 0.25) is 0 Å². The molecule has 24 heavy (non-hydrogen) atoms. The molecule has 0 bridgehead atoms. The van der Waals surface area contributed by atoms with Crippen LogP contribution in [0.5, 0.6) is 0 Å². The molecule has 0 atom stereocenters. The number of nitrogen functional groups attached to an aromatic ring is 1. The highest BCUT2D eigenvalue weighted by atomic mass is 32.1. The van der Waals surface area contributed by atoms with Gasteiger partial charge in [-0.1, -0.05) is 23.8 Å². The van der Waals surface area contributed by atoms with Gasteiger partial charge in [0.05, 0.1) is 21.8 Å². The molecule has 0 unspecified atom stereocenters. The molecule has 0 aliphatic rings. The molecule has 7 nitrogen and oxygen atoms in total. The Bertz CT molecular complexity index is 974. The Morgan fingerprint density at radius 2 is 1.96 bits per heavy atom. The van der Waals surface area contributed by atoms with E-state index in [-0.39, 0.29) is 5.95 Å². The Hall–Kier alpha value is -3.13. The second kappa shape index (κ2) is 5.82. The Balaban J connectivity index is 1.90. The van der Waals surface area contributed by atoms with Gasteiger partial charge >= 0.3 is 0 Å². The lowest BCUT2D eigenvalue weighted by Gasteiger charge is -2.08. The van der Waals surface area contributed by atoms with Crippen molar-refractivity contribution < 1.29 is 0 Å². The van der Waals surface area contributed by atoms with Gasteiger partial charge in [-0.25, -0.2) is 9.97 Å². The number of hydrogen-bond donors (Lipinski definition) is 1. The topological polar surface area (TPSA) is 95.4 Å². The smallest absolute Gasteiger partial charge is 0.220 e. The molecule has 118 valence electrons. The third-order valence-electron chi connectivity index (χ3n) is 3.55. The minimum Gasteiger partial charge on any atom is -0.368 e. The van der Waals surface area contributed by atoms with Crippen LogP contribution < -0.4 is 5.73 Å². The van der Waals surface area contributed by atoms with E-state index in [0.717, 1.165) is 21.8 Å². The van der Waals surface area contributed by atoms with Gasteiger partial charge in [0.2, 0.25) is 5.95 Å². The van der Waals surface area contributed by atoms with Gasteiger partial charge in [-0.2, -0.15) is 4.68 Å². The largest absolute Gasteiger partial charge is 0.368 e. The molecule has 0 saturated heterocycles. The standard InChI is InChI=1S/C16H13N7S/c1-10-4-6-11(7-5-10)23-15(20-21-22-23)12-9-18-16(17)19-14(12)13-3-2-8-24-13/h2-9H,1H3,(H2,17,18,19). The number of hydrogen-bond acceptors (Lipinski definition) is 7. The van der Waals surface area contributed by atoms with Crippen LogP contribution in [0.3, 0.4) is 0 Å². The minimum atomic E-state index is 0.219. The Morgan fingerprint density at radius 3 is 2.71 bits per heavy atom. The third kappa shape index (κ3) is 2.52. The summed E-state index contributed by atoms with van der Waals surface area (Å²) < 4.78 is 1.67. The van der Waals surface area contributed by atoms with Crippen molar-refractivity contribution in [3.8, 4) is 27.6 Å². The van der Waals surface area contributed by atoms with Crippen LogP contribution in [0, 0.1) is 6.92 Å². The summed E-state index contributed by atoms with van der Waals surface area (Å²) >= 11 is 1.58. The van der Waals surface area contributed by atoms with E-state index in [1.807, 2.05) is 48.7 Å². The number of anilines is 1. The Morgan fingerprint density at radius 1 is 1.12 bits per heavy atom. The molecule has 0 radical (unpaired) electrons. The van der Waals surface area contributed by atoms with Gasteiger partial charge in [0.15, 0.2) is 5.82 Å². The molecule has 0 amide bonds. The fourth-order valence-corrected chi connectivity index (χ4v) is 3.10. The first-order valence-corrected chi connectivity index (χ1v) is 8.12. The zero-order valence-electron chi connectivity index (χ0n) is 12.8. The van der Waals surface area contributed by atoms with Gasteiger partial charge in [-0.15, -0.1) is 16.4 Å². The summed E-state index contributed by atoms with van der Waals surface area (Å²) in [5.74, 6) is 0.791. The number of nitrogens with zero attached hydrogens (tertiary/aromatic N) is 6. The summed E-state index contributed by atoms with van der Waals surface area (Å²) in [4.78, 5) is 9.49. The Kier molecular flexibility index (Phi) is 3.51. The molecule has 4 aromatic rings. The molecule has 4 rings (SSSR count). The lowest BCUT2D eigenvalue weighted by atomic mass is 10.1. The van der Waals surface area contributed by atoms with Gasteiger partial charge in [0, 0.05) is 6.20 Å². The summed E-state index contributed by atoms with van der Waals surface area (Å²) in [5.41, 5.74) is 9.27. The van der Waals surface area contributed by atoms with Gasteiger partial charge in [0.1, 0.15) is 0 Å². The van der Waals surface area contributed by atoms with Crippen molar-refractivity contribution in [3.63, 3.8) is 0 Å². The van der Waals surface area contributed by atoms with E-state index in [4.69, 9.17) is 5.73 Å². The van der Waals surface area contributed by atoms with Crippen LogP contribution in [-0.2, 0) is 0 Å². The van der Waals surface area contributed by atoms with Crippen molar-refractivity contribution in [3.05, 3.63) is 53.5 Å². The molecule has 0 saturated carbocycles. The highest BCUT2D eigenvalue weighted by Crippen LogP contribution is 2.32. The van der Waals surface area contributed by atoms with Crippen molar-refractivity contribution in [2.24, 2.45) is 0 Å². The predicted molar refractivity (Wildman–Crippen MR) is 92.6 cm³/mol. The molecule has 0 aliphatic carbocycles. The van der Waals surface area contributed by atoms with Crippen LogP contribution in [0.4, 0.5) is 5.95 Å². The van der Waals surface area contributed by atoms with Crippen molar-refractivity contribution in [2.45, 2.75) is 6.92 Å². The highest BCUT2D eigenvalue weighted by Gasteiger charge is 2.18. The fourth-order valence-electron chi connectivity index (χ4n) is 2.38. The van der Waals surface area contributed by atoms with Crippen LogP contribution in [-0.4, -0.2) is 30.2 Å². The van der Waals surface area contributed by atoms with Crippen LogP contribution >= 0.6 is 11.3 Å². The van der Waals surface area contributed by atoms with E-state index in [1.54, 1.807) is 22.2 Å². The summed E-state index contributed by atoms with van der Waals surface area (Å²) in [7, 11) is 0. The first kappa shape index (κ1) is 14.5. The highest BCUT2D eigenvalue weighted by molar-refractivity contribution is 7.13. The molecular weight excluding hydrogens is 322 g/mol. The fraction of sp³-hybridized carbons (Fsp3) is 0.0625. The zero-order chi connectivity index (χ0) is 16.5. The van der Waals surface area contributed by atoms with Crippen LogP contribution in [0.15, 0.2) is 48.0 Å². The number of benzene rings is 1. The molecule has 0 fully saturated rings. The molecule has 0 spiro atoms. The average molecular weight is 335 g/mol. The van der Waals surface area contributed by atoms with E-state index in [2.05, 4.69) is 25.5 Å². The first-order chi connectivity index (χ1) is 11.7. The second-order valence-corrected chi connectivity index (χ2v) is 6.17. The van der Waals surface area contributed by atoms with Gasteiger partial charge in [-0.3, -0.25) is 0 Å². The zero-order valence-corrected chi connectivity index (χ0v) is 13.6. The second-order valence-electron chi connectivity index (χ2n) is 5.22. The maximum absolute atomic E-state index is 5.78. The van der Waals surface area contributed by atoms with Crippen molar-refractivity contribution in [1.82, 2.24) is 30.2 Å². The van der Waals surface area contributed by atoms with E-state index in [9.17, 15) is 0 Å². The van der Waals surface area contributed by atoms with Gasteiger partial charge < -0.3 is 5.73 Å². The summed E-state index contributed by atoms with van der Waals surface area (Å²) in [6, 6.07) is 11.9. The van der Waals surface area contributed by atoms with Gasteiger partial charge in [0.25, 0.3) is 0 Å². The molecule has 3 aromatic heterocycles. The molecule has 2 N–H and O–H groups in total. The first-order valence-electron chi connectivity index (χ1n) is 7.24. The van der Waals surface area contributed by atoms with Crippen molar-refractivity contribution in [2.75, 3.05) is 5.73 Å². The quantitative estimate of drug-likeness (QED) is 0.618. The monoisotopic (exact) mass is 335 g/mol. The van der Waals surface area contributed by atoms with Crippen molar-refractivity contribution >= 4 is 17.3 Å². The molecule has 3 heterocycles. The van der Waals surface area contributed by atoms with E-state index >= 15 is 0 Å². The number of thiophene rings is 1. The van der Waals surface area contributed by atoms with E-state index in [1.165, 1.54) is 5.56 Å². The van der Waals surface area contributed by atoms with Gasteiger partial charge in [-0.05, 0) is 40.9 Å². The maximum Gasteiger partial charge on any atom is 0.220 e. The normalized spacial score (nSPS) is 10.9.